The van der Waals surface area contributed by atoms with Crippen molar-refractivity contribution in [3.63, 3.8) is 0 Å². The molecule has 2 amide bonds. The van der Waals surface area contributed by atoms with E-state index in [1.54, 1.807) is 17.0 Å². The lowest BCUT2D eigenvalue weighted by atomic mass is 10.0. The van der Waals surface area contributed by atoms with Crippen molar-refractivity contribution in [3.05, 3.63) is 100 Å². The highest BCUT2D eigenvalue weighted by Gasteiger charge is 2.34. The van der Waals surface area contributed by atoms with Gasteiger partial charge >= 0.3 is 0 Å². The van der Waals surface area contributed by atoms with Crippen molar-refractivity contribution in [2.45, 2.75) is 70.5 Å². The SMILES string of the molecule is CC(C)c1ccccc1N(CC(=O)N(Cc1ccc(Br)cc1)[C@H](Cc1ccccc1)C(=O)NC1CCCC1)S(C)(=O)=O. The molecule has 0 spiro atoms. The lowest BCUT2D eigenvalue weighted by Gasteiger charge is -2.34. The summed E-state index contributed by atoms with van der Waals surface area (Å²) in [7, 11) is -3.83. The van der Waals surface area contributed by atoms with Crippen molar-refractivity contribution in [3.8, 4) is 0 Å². The van der Waals surface area contributed by atoms with Crippen LogP contribution in [-0.4, -0.2) is 50.0 Å². The summed E-state index contributed by atoms with van der Waals surface area (Å²) in [5.41, 5.74) is 3.06. The van der Waals surface area contributed by atoms with E-state index >= 15 is 0 Å². The van der Waals surface area contributed by atoms with E-state index in [0.29, 0.717) is 12.1 Å². The fourth-order valence-electron chi connectivity index (χ4n) is 5.51. The van der Waals surface area contributed by atoms with E-state index in [1.807, 2.05) is 80.6 Å². The van der Waals surface area contributed by atoms with Crippen molar-refractivity contribution >= 4 is 43.5 Å². The van der Waals surface area contributed by atoms with Crippen LogP contribution in [0.1, 0.15) is 62.1 Å². The highest BCUT2D eigenvalue weighted by Crippen LogP contribution is 2.29. The van der Waals surface area contributed by atoms with Crippen LogP contribution < -0.4 is 9.62 Å². The average molecular weight is 655 g/mol. The van der Waals surface area contributed by atoms with Gasteiger partial charge in [0.1, 0.15) is 12.6 Å². The lowest BCUT2D eigenvalue weighted by Crippen LogP contribution is -2.54. The number of benzene rings is 3. The Morgan fingerprint density at radius 2 is 1.52 bits per heavy atom. The molecular formula is C33H40BrN3O4S. The van der Waals surface area contributed by atoms with Gasteiger partial charge in [-0.25, -0.2) is 8.42 Å². The van der Waals surface area contributed by atoms with Crippen molar-refractivity contribution in [2.75, 3.05) is 17.1 Å². The standard InChI is InChI=1S/C33H40BrN3O4S/c1-24(2)29-15-9-10-16-30(29)37(42(3,40)41)23-32(38)36(22-26-17-19-27(34)20-18-26)31(21-25-11-5-4-6-12-25)33(39)35-28-13-7-8-14-28/h4-6,9-12,15-20,24,28,31H,7-8,13-14,21-23H2,1-3H3,(H,35,39)/t31-/m1/s1. The molecule has 1 atom stereocenters. The van der Waals surface area contributed by atoms with Gasteiger partial charge in [0.2, 0.25) is 21.8 Å². The van der Waals surface area contributed by atoms with Gasteiger partial charge in [-0.3, -0.25) is 13.9 Å². The van der Waals surface area contributed by atoms with Crippen LogP contribution in [0.25, 0.3) is 0 Å². The number of carbonyl (C=O) groups is 2. The molecule has 0 bridgehead atoms. The topological polar surface area (TPSA) is 86.8 Å². The number of anilines is 1. The smallest absolute Gasteiger partial charge is 0.244 e. The number of sulfonamides is 1. The maximum absolute atomic E-state index is 14.3. The van der Waals surface area contributed by atoms with Gasteiger partial charge in [-0.15, -0.1) is 0 Å². The summed E-state index contributed by atoms with van der Waals surface area (Å²) >= 11 is 3.47. The summed E-state index contributed by atoms with van der Waals surface area (Å²) in [5, 5.41) is 3.20. The van der Waals surface area contributed by atoms with Gasteiger partial charge in [-0.05, 0) is 53.6 Å². The first-order valence-electron chi connectivity index (χ1n) is 14.5. The van der Waals surface area contributed by atoms with E-state index in [9.17, 15) is 18.0 Å². The van der Waals surface area contributed by atoms with Crippen molar-refractivity contribution in [1.82, 2.24) is 10.2 Å². The molecule has 4 rings (SSSR count). The normalized spacial score (nSPS) is 14.5. The molecule has 3 aromatic carbocycles. The molecule has 0 aliphatic heterocycles. The second kappa shape index (κ2) is 14.3. The number of para-hydroxylation sites is 1. The minimum atomic E-state index is -3.83. The lowest BCUT2D eigenvalue weighted by molar-refractivity contribution is -0.140. The Labute approximate surface area is 258 Å². The van der Waals surface area contributed by atoms with Crippen LogP contribution in [0.2, 0.25) is 0 Å². The van der Waals surface area contributed by atoms with Gasteiger partial charge in [-0.1, -0.05) is 103 Å². The summed E-state index contributed by atoms with van der Waals surface area (Å²) in [5.74, 6) is -0.614. The number of nitrogens with one attached hydrogen (secondary N) is 1. The molecule has 1 fully saturated rings. The number of amides is 2. The first-order chi connectivity index (χ1) is 20.0. The fourth-order valence-corrected chi connectivity index (χ4v) is 6.64. The third-order valence-corrected chi connectivity index (χ3v) is 9.40. The third-order valence-electron chi connectivity index (χ3n) is 7.75. The van der Waals surface area contributed by atoms with Gasteiger partial charge in [-0.2, -0.15) is 0 Å². The van der Waals surface area contributed by atoms with Crippen LogP contribution >= 0.6 is 15.9 Å². The van der Waals surface area contributed by atoms with Crippen LogP contribution in [0.5, 0.6) is 0 Å². The summed E-state index contributed by atoms with van der Waals surface area (Å²) in [6, 6.07) is 23.7. The zero-order valence-electron chi connectivity index (χ0n) is 24.5. The molecule has 3 aromatic rings. The zero-order valence-corrected chi connectivity index (χ0v) is 26.9. The number of hydrogen-bond donors (Lipinski definition) is 1. The number of carbonyl (C=O) groups excluding carboxylic acids is 2. The Hall–Kier alpha value is -3.17. The van der Waals surface area contributed by atoms with Gasteiger partial charge in [0, 0.05) is 23.5 Å². The summed E-state index contributed by atoms with van der Waals surface area (Å²) in [4.78, 5) is 29.8. The monoisotopic (exact) mass is 653 g/mol. The maximum Gasteiger partial charge on any atom is 0.244 e. The molecule has 0 unspecified atom stereocenters. The molecule has 7 nitrogen and oxygen atoms in total. The van der Waals surface area contributed by atoms with Gasteiger partial charge < -0.3 is 10.2 Å². The molecular weight excluding hydrogens is 614 g/mol. The number of nitrogens with zero attached hydrogens (tertiary/aromatic N) is 2. The molecule has 0 radical (unpaired) electrons. The van der Waals surface area contributed by atoms with Crippen LogP contribution in [0, 0.1) is 0 Å². The van der Waals surface area contributed by atoms with Gasteiger partial charge in [0.15, 0.2) is 0 Å². The van der Waals surface area contributed by atoms with Crippen LogP contribution in [0.3, 0.4) is 0 Å². The minimum absolute atomic E-state index is 0.0439. The maximum atomic E-state index is 14.3. The zero-order chi connectivity index (χ0) is 30.3. The Kier molecular flexibility index (Phi) is 10.8. The highest BCUT2D eigenvalue weighted by atomic mass is 79.9. The second-order valence-corrected chi connectivity index (χ2v) is 14.1. The molecule has 1 saturated carbocycles. The van der Waals surface area contributed by atoms with Gasteiger partial charge in [0.25, 0.3) is 0 Å². The quantitative estimate of drug-likeness (QED) is 0.258. The molecule has 224 valence electrons. The highest BCUT2D eigenvalue weighted by molar-refractivity contribution is 9.10. The molecule has 0 heterocycles. The first-order valence-corrected chi connectivity index (χ1v) is 17.1. The summed E-state index contributed by atoms with van der Waals surface area (Å²) in [6.45, 7) is 3.72. The predicted molar refractivity (Wildman–Crippen MR) is 172 cm³/mol. The molecule has 42 heavy (non-hydrogen) atoms. The number of rotatable bonds is 12. The Morgan fingerprint density at radius 3 is 2.14 bits per heavy atom. The third kappa shape index (κ3) is 8.44. The predicted octanol–water partition coefficient (Wildman–Crippen LogP) is 6.04. The minimum Gasteiger partial charge on any atom is -0.352 e. The van der Waals surface area contributed by atoms with Crippen LogP contribution in [-0.2, 0) is 32.6 Å². The molecule has 1 aliphatic carbocycles. The second-order valence-electron chi connectivity index (χ2n) is 11.3. The largest absolute Gasteiger partial charge is 0.352 e. The number of hydrogen-bond acceptors (Lipinski definition) is 4. The molecule has 0 aromatic heterocycles. The van der Waals surface area contributed by atoms with E-state index in [4.69, 9.17) is 0 Å². The van der Waals surface area contributed by atoms with E-state index < -0.39 is 28.5 Å². The van der Waals surface area contributed by atoms with E-state index in [1.165, 1.54) is 4.31 Å². The number of halogens is 1. The van der Waals surface area contributed by atoms with Crippen molar-refractivity contribution in [1.29, 1.82) is 0 Å². The van der Waals surface area contributed by atoms with E-state index in [0.717, 1.165) is 53.1 Å². The molecule has 0 saturated heterocycles. The summed E-state index contributed by atoms with van der Waals surface area (Å²) < 4.78 is 28.4. The molecule has 1 aliphatic rings. The Balaban J connectivity index is 1.75. The Morgan fingerprint density at radius 1 is 0.905 bits per heavy atom. The van der Waals surface area contributed by atoms with Crippen molar-refractivity contribution in [2.24, 2.45) is 0 Å². The average Bonchev–Trinajstić information content (AvgIpc) is 3.47. The van der Waals surface area contributed by atoms with Crippen molar-refractivity contribution < 1.29 is 18.0 Å². The molecule has 9 heteroatoms. The molecule has 1 N–H and O–H groups in total. The van der Waals surface area contributed by atoms with E-state index in [2.05, 4.69) is 21.2 Å². The van der Waals surface area contributed by atoms with Gasteiger partial charge in [0.05, 0.1) is 11.9 Å². The van der Waals surface area contributed by atoms with Crippen LogP contribution in [0.4, 0.5) is 5.69 Å². The first kappa shape index (κ1) is 31.8. The summed E-state index contributed by atoms with van der Waals surface area (Å²) in [6.07, 6.45) is 5.38. The Bertz CT molecular complexity index is 1460. The van der Waals surface area contributed by atoms with E-state index in [-0.39, 0.29) is 24.4 Å². The van der Waals surface area contributed by atoms with Crippen LogP contribution in [0.15, 0.2) is 83.3 Å². The fraction of sp³-hybridized carbons (Fsp3) is 0.394.